The van der Waals surface area contributed by atoms with Crippen LogP contribution in [-0.2, 0) is 25.5 Å². The molecule has 0 saturated heterocycles. The highest BCUT2D eigenvalue weighted by atomic mass is 16.5. The van der Waals surface area contributed by atoms with Crippen LogP contribution in [-0.4, -0.2) is 42.0 Å². The number of carboxylic acids is 1. The summed E-state index contributed by atoms with van der Waals surface area (Å²) < 4.78 is 5.19. The lowest BCUT2D eigenvalue weighted by molar-refractivity contribution is -0.148. The first-order chi connectivity index (χ1) is 13.4. The van der Waals surface area contributed by atoms with Crippen molar-refractivity contribution in [3.8, 4) is 0 Å². The number of hydrogen-bond acceptors (Lipinski definition) is 5. The van der Waals surface area contributed by atoms with E-state index >= 15 is 0 Å². The molecule has 28 heavy (non-hydrogen) atoms. The molecule has 154 valence electrons. The third kappa shape index (κ3) is 6.16. The van der Waals surface area contributed by atoms with Gasteiger partial charge in [-0.2, -0.15) is 0 Å². The number of carboxylic acid groups (broad SMARTS) is 1. The summed E-state index contributed by atoms with van der Waals surface area (Å²) in [5, 5.41) is 12.5. The maximum absolute atomic E-state index is 12.7. The fourth-order valence-corrected chi connectivity index (χ4v) is 3.89. The van der Waals surface area contributed by atoms with Crippen LogP contribution in [0.2, 0.25) is 0 Å². The number of aliphatic carboxylic acids is 1. The van der Waals surface area contributed by atoms with Crippen LogP contribution in [0, 0.1) is 17.8 Å². The number of carbonyl (C=O) groups excluding carboxylic acids is 2. The number of aryl methyl sites for hydroxylation is 1. The fourth-order valence-electron chi connectivity index (χ4n) is 3.89. The summed E-state index contributed by atoms with van der Waals surface area (Å²) in [6, 6.07) is 9.44. The molecule has 1 aromatic carbocycles. The van der Waals surface area contributed by atoms with Crippen LogP contribution in [0.5, 0.6) is 0 Å². The Balaban J connectivity index is 1.92. The van der Waals surface area contributed by atoms with Gasteiger partial charge in [0, 0.05) is 12.5 Å². The molecule has 0 amide bonds. The molecule has 1 fully saturated rings. The van der Waals surface area contributed by atoms with Gasteiger partial charge in [0.05, 0.1) is 24.5 Å². The second kappa shape index (κ2) is 11.0. The van der Waals surface area contributed by atoms with E-state index in [0.717, 1.165) is 18.4 Å². The predicted molar refractivity (Wildman–Crippen MR) is 106 cm³/mol. The Hall–Kier alpha value is -2.21. The monoisotopic (exact) mass is 389 g/mol. The van der Waals surface area contributed by atoms with E-state index in [4.69, 9.17) is 4.74 Å². The van der Waals surface area contributed by atoms with Crippen molar-refractivity contribution < 1.29 is 24.2 Å². The quantitative estimate of drug-likeness (QED) is 0.566. The molecule has 2 N–H and O–H groups in total. The molecule has 0 heterocycles. The summed E-state index contributed by atoms with van der Waals surface area (Å²) in [7, 11) is 0. The van der Waals surface area contributed by atoms with E-state index in [1.807, 2.05) is 30.3 Å². The molecule has 1 aliphatic rings. The number of rotatable bonds is 11. The van der Waals surface area contributed by atoms with Gasteiger partial charge < -0.3 is 15.2 Å². The van der Waals surface area contributed by atoms with Crippen molar-refractivity contribution in [2.45, 2.75) is 52.0 Å². The SMILES string of the molecule is CCOC(=O)C(CCc1ccccc1)CNC(C)C(=O)C1CCCC1C(=O)O. The number of ketones is 1. The van der Waals surface area contributed by atoms with Gasteiger partial charge >= 0.3 is 11.9 Å². The van der Waals surface area contributed by atoms with Crippen molar-refractivity contribution in [2.75, 3.05) is 13.2 Å². The van der Waals surface area contributed by atoms with Gasteiger partial charge in [-0.25, -0.2) is 0 Å². The summed E-state index contributed by atoms with van der Waals surface area (Å²) in [4.78, 5) is 36.4. The lowest BCUT2D eigenvalue weighted by Crippen LogP contribution is -2.43. The number of esters is 1. The van der Waals surface area contributed by atoms with Crippen LogP contribution < -0.4 is 5.32 Å². The Morgan fingerprint density at radius 3 is 2.50 bits per heavy atom. The van der Waals surface area contributed by atoms with Crippen LogP contribution in [0.4, 0.5) is 0 Å². The number of carbonyl (C=O) groups is 3. The molecule has 4 unspecified atom stereocenters. The van der Waals surface area contributed by atoms with Gasteiger partial charge in [0.1, 0.15) is 0 Å². The van der Waals surface area contributed by atoms with Gasteiger partial charge in [-0.05, 0) is 45.1 Å². The molecule has 0 aliphatic heterocycles. The molecular formula is C22H31NO5. The third-order valence-corrected chi connectivity index (χ3v) is 5.54. The molecule has 1 saturated carbocycles. The topological polar surface area (TPSA) is 92.7 Å². The molecule has 0 radical (unpaired) electrons. The van der Waals surface area contributed by atoms with Crippen molar-refractivity contribution in [3.05, 3.63) is 35.9 Å². The summed E-state index contributed by atoms with van der Waals surface area (Å²) in [5.41, 5.74) is 1.15. The van der Waals surface area contributed by atoms with Crippen molar-refractivity contribution >= 4 is 17.7 Å². The Morgan fingerprint density at radius 2 is 1.86 bits per heavy atom. The zero-order valence-electron chi connectivity index (χ0n) is 16.7. The van der Waals surface area contributed by atoms with Crippen molar-refractivity contribution in [1.82, 2.24) is 5.32 Å². The van der Waals surface area contributed by atoms with Crippen LogP contribution in [0.25, 0.3) is 0 Å². The molecule has 4 atom stereocenters. The fraction of sp³-hybridized carbons (Fsp3) is 0.591. The number of nitrogens with one attached hydrogen (secondary N) is 1. The molecule has 6 nitrogen and oxygen atoms in total. The minimum atomic E-state index is -0.893. The van der Waals surface area contributed by atoms with Gasteiger partial charge in [0.2, 0.25) is 0 Å². The maximum atomic E-state index is 12.7. The largest absolute Gasteiger partial charge is 0.481 e. The van der Waals surface area contributed by atoms with E-state index in [1.54, 1.807) is 13.8 Å². The highest BCUT2D eigenvalue weighted by molar-refractivity contribution is 5.90. The standard InChI is InChI=1S/C22H31NO5/c1-3-28-22(27)17(13-12-16-8-5-4-6-9-16)14-23-15(2)20(24)18-10-7-11-19(18)21(25)26/h4-6,8-9,15,17-19,23H,3,7,10-14H2,1-2H3,(H,25,26). The van der Waals surface area contributed by atoms with E-state index in [2.05, 4.69) is 5.32 Å². The Bertz CT molecular complexity index is 660. The minimum absolute atomic E-state index is 0.0735. The van der Waals surface area contributed by atoms with Gasteiger partial charge in [0.25, 0.3) is 0 Å². The Labute approximate surface area is 166 Å². The van der Waals surface area contributed by atoms with E-state index in [-0.39, 0.29) is 17.7 Å². The lowest BCUT2D eigenvalue weighted by Gasteiger charge is -2.22. The summed E-state index contributed by atoms with van der Waals surface area (Å²) in [5.74, 6) is -2.61. The summed E-state index contributed by atoms with van der Waals surface area (Å²) in [6.45, 7) is 4.18. The first-order valence-corrected chi connectivity index (χ1v) is 10.1. The van der Waals surface area contributed by atoms with Crippen molar-refractivity contribution in [1.29, 1.82) is 0 Å². The predicted octanol–water partition coefficient (Wildman–Crippen LogP) is 2.85. The molecular weight excluding hydrogens is 358 g/mol. The molecule has 1 aliphatic carbocycles. The van der Waals surface area contributed by atoms with E-state index in [9.17, 15) is 19.5 Å². The van der Waals surface area contributed by atoms with E-state index in [1.165, 1.54) is 0 Å². The van der Waals surface area contributed by atoms with Crippen LogP contribution in [0.1, 0.15) is 45.1 Å². The van der Waals surface area contributed by atoms with Crippen molar-refractivity contribution in [3.63, 3.8) is 0 Å². The van der Waals surface area contributed by atoms with Gasteiger partial charge in [-0.15, -0.1) is 0 Å². The molecule has 6 heteroatoms. The number of Topliss-reactive ketones (excluding diaryl/α,β-unsaturated/α-hetero) is 1. The van der Waals surface area contributed by atoms with Crippen LogP contribution in [0.3, 0.4) is 0 Å². The average molecular weight is 389 g/mol. The van der Waals surface area contributed by atoms with Gasteiger partial charge in [-0.3, -0.25) is 14.4 Å². The first kappa shape index (κ1) is 22.1. The lowest BCUT2D eigenvalue weighted by atomic mass is 9.88. The van der Waals surface area contributed by atoms with Crippen molar-refractivity contribution in [2.24, 2.45) is 17.8 Å². The van der Waals surface area contributed by atoms with Crippen LogP contribution in [0.15, 0.2) is 30.3 Å². The smallest absolute Gasteiger partial charge is 0.310 e. The van der Waals surface area contributed by atoms with Gasteiger partial charge in [0.15, 0.2) is 5.78 Å². The van der Waals surface area contributed by atoms with E-state index in [0.29, 0.717) is 32.4 Å². The van der Waals surface area contributed by atoms with Crippen LogP contribution >= 0.6 is 0 Å². The van der Waals surface area contributed by atoms with Gasteiger partial charge in [-0.1, -0.05) is 36.8 Å². The maximum Gasteiger partial charge on any atom is 0.310 e. The first-order valence-electron chi connectivity index (χ1n) is 10.1. The summed E-state index contributed by atoms with van der Waals surface area (Å²) in [6.07, 6.45) is 3.32. The molecule has 2 rings (SSSR count). The second-order valence-electron chi connectivity index (χ2n) is 7.49. The third-order valence-electron chi connectivity index (χ3n) is 5.54. The number of ether oxygens (including phenoxy) is 1. The highest BCUT2D eigenvalue weighted by Gasteiger charge is 2.39. The molecule has 1 aromatic rings. The van der Waals surface area contributed by atoms with E-state index < -0.39 is 23.8 Å². The number of hydrogen-bond donors (Lipinski definition) is 2. The Morgan fingerprint density at radius 1 is 1.18 bits per heavy atom. The highest BCUT2D eigenvalue weighted by Crippen LogP contribution is 2.33. The molecule has 0 spiro atoms. The molecule has 0 bridgehead atoms. The second-order valence-corrected chi connectivity index (χ2v) is 7.49. The summed E-state index contributed by atoms with van der Waals surface area (Å²) >= 11 is 0. The minimum Gasteiger partial charge on any atom is -0.481 e. The molecule has 0 aromatic heterocycles. The normalized spacial score (nSPS) is 21.1. The number of benzene rings is 1. The average Bonchev–Trinajstić information content (AvgIpc) is 3.18. The Kier molecular flexibility index (Phi) is 8.64. The zero-order chi connectivity index (χ0) is 20.5. The zero-order valence-corrected chi connectivity index (χ0v) is 16.7.